The minimum atomic E-state index is 0.214. The molecule has 1 atom stereocenters. The second-order valence-electron chi connectivity index (χ2n) is 4.73. The molecule has 102 valence electrons. The molecule has 0 aliphatic carbocycles. The lowest BCUT2D eigenvalue weighted by molar-refractivity contribution is 0.689. The highest BCUT2D eigenvalue weighted by molar-refractivity contribution is 5.47. The van der Waals surface area contributed by atoms with Gasteiger partial charge in [0, 0.05) is 32.2 Å². The zero-order chi connectivity index (χ0) is 13.4. The highest BCUT2D eigenvalue weighted by Gasteiger charge is 2.04. The summed E-state index contributed by atoms with van der Waals surface area (Å²) in [6.45, 7) is 6.06. The van der Waals surface area contributed by atoms with Crippen LogP contribution in [0.1, 0.15) is 33.1 Å². The van der Waals surface area contributed by atoms with Crippen molar-refractivity contribution in [2.24, 2.45) is 5.73 Å². The van der Waals surface area contributed by atoms with E-state index in [0.717, 1.165) is 31.1 Å². The van der Waals surface area contributed by atoms with Gasteiger partial charge in [-0.05, 0) is 19.8 Å². The first kappa shape index (κ1) is 14.7. The van der Waals surface area contributed by atoms with E-state index in [1.807, 2.05) is 13.0 Å². The van der Waals surface area contributed by atoms with Crippen LogP contribution < -0.4 is 16.0 Å². The molecule has 1 aromatic heterocycles. The summed E-state index contributed by atoms with van der Waals surface area (Å²) in [5.74, 6) is 1.82. The molecular formula is C13H25N5. The summed E-state index contributed by atoms with van der Waals surface area (Å²) in [5, 5.41) is 3.27. The number of nitrogens with zero attached hydrogens (tertiary/aromatic N) is 3. The van der Waals surface area contributed by atoms with Crippen LogP contribution in [0.2, 0.25) is 0 Å². The van der Waals surface area contributed by atoms with Gasteiger partial charge in [0.1, 0.15) is 18.0 Å². The maximum atomic E-state index is 5.71. The van der Waals surface area contributed by atoms with Gasteiger partial charge in [-0.3, -0.25) is 0 Å². The molecule has 0 bridgehead atoms. The summed E-state index contributed by atoms with van der Waals surface area (Å²) in [4.78, 5) is 10.6. The summed E-state index contributed by atoms with van der Waals surface area (Å²) in [6, 6.07) is 2.20. The molecule has 1 rings (SSSR count). The van der Waals surface area contributed by atoms with Gasteiger partial charge in [0.05, 0.1) is 0 Å². The lowest BCUT2D eigenvalue weighted by Gasteiger charge is -2.18. The number of hydrogen-bond donors (Lipinski definition) is 2. The third kappa shape index (κ3) is 5.31. The van der Waals surface area contributed by atoms with Gasteiger partial charge in [-0.1, -0.05) is 13.3 Å². The van der Waals surface area contributed by atoms with Crippen LogP contribution >= 0.6 is 0 Å². The van der Waals surface area contributed by atoms with Crippen LogP contribution in [0.15, 0.2) is 12.4 Å². The van der Waals surface area contributed by atoms with E-state index in [4.69, 9.17) is 5.73 Å². The SMILES string of the molecule is CCCCN(C)c1cc(NCCC(C)N)ncn1. The first-order valence-corrected chi connectivity index (χ1v) is 6.66. The number of rotatable bonds is 8. The minimum Gasteiger partial charge on any atom is -0.370 e. The van der Waals surface area contributed by atoms with Crippen molar-refractivity contribution in [1.29, 1.82) is 0 Å². The van der Waals surface area contributed by atoms with Crippen molar-refractivity contribution in [3.63, 3.8) is 0 Å². The lowest BCUT2D eigenvalue weighted by Crippen LogP contribution is -2.21. The Morgan fingerprint density at radius 2 is 2.22 bits per heavy atom. The van der Waals surface area contributed by atoms with Gasteiger partial charge in [-0.25, -0.2) is 9.97 Å². The average molecular weight is 251 g/mol. The molecule has 0 aromatic carbocycles. The Morgan fingerprint density at radius 3 is 2.89 bits per heavy atom. The molecule has 0 spiro atoms. The Morgan fingerprint density at radius 1 is 1.44 bits per heavy atom. The Balaban J connectivity index is 2.50. The van der Waals surface area contributed by atoms with Gasteiger partial charge in [-0.2, -0.15) is 0 Å². The second-order valence-corrected chi connectivity index (χ2v) is 4.73. The van der Waals surface area contributed by atoms with Crippen molar-refractivity contribution in [1.82, 2.24) is 9.97 Å². The molecular weight excluding hydrogens is 226 g/mol. The third-order valence-electron chi connectivity index (χ3n) is 2.80. The van der Waals surface area contributed by atoms with Gasteiger partial charge in [0.15, 0.2) is 0 Å². The van der Waals surface area contributed by atoms with Crippen LogP contribution in [0.25, 0.3) is 0 Å². The molecule has 0 aliphatic rings. The number of nitrogens with two attached hydrogens (primary N) is 1. The van der Waals surface area contributed by atoms with E-state index < -0.39 is 0 Å². The Hall–Kier alpha value is -1.36. The zero-order valence-electron chi connectivity index (χ0n) is 11.7. The Labute approximate surface area is 110 Å². The molecule has 0 saturated carbocycles. The molecule has 5 heteroatoms. The monoisotopic (exact) mass is 251 g/mol. The summed E-state index contributed by atoms with van der Waals surface area (Å²) >= 11 is 0. The molecule has 0 aliphatic heterocycles. The normalized spacial score (nSPS) is 12.2. The van der Waals surface area contributed by atoms with E-state index in [0.29, 0.717) is 0 Å². The zero-order valence-corrected chi connectivity index (χ0v) is 11.7. The Kier molecular flexibility index (Phi) is 6.43. The van der Waals surface area contributed by atoms with E-state index in [9.17, 15) is 0 Å². The smallest absolute Gasteiger partial charge is 0.133 e. The summed E-state index contributed by atoms with van der Waals surface area (Å²) < 4.78 is 0. The number of nitrogens with one attached hydrogen (secondary N) is 1. The van der Waals surface area contributed by atoms with Crippen molar-refractivity contribution in [2.45, 2.75) is 39.2 Å². The highest BCUT2D eigenvalue weighted by Crippen LogP contribution is 2.13. The van der Waals surface area contributed by atoms with Crippen LogP contribution in [-0.2, 0) is 0 Å². The summed E-state index contributed by atoms with van der Waals surface area (Å²) in [5.41, 5.74) is 5.71. The van der Waals surface area contributed by atoms with Gasteiger partial charge in [0.25, 0.3) is 0 Å². The van der Waals surface area contributed by atoms with Gasteiger partial charge >= 0.3 is 0 Å². The first-order valence-electron chi connectivity index (χ1n) is 6.66. The molecule has 18 heavy (non-hydrogen) atoms. The van der Waals surface area contributed by atoms with Gasteiger partial charge in [0.2, 0.25) is 0 Å². The largest absolute Gasteiger partial charge is 0.370 e. The van der Waals surface area contributed by atoms with E-state index >= 15 is 0 Å². The fourth-order valence-corrected chi connectivity index (χ4v) is 1.59. The quantitative estimate of drug-likeness (QED) is 0.738. The number of hydrogen-bond acceptors (Lipinski definition) is 5. The summed E-state index contributed by atoms with van der Waals surface area (Å²) in [7, 11) is 2.06. The molecule has 1 heterocycles. The Bertz CT molecular complexity index is 340. The van der Waals surface area contributed by atoms with E-state index in [2.05, 4.69) is 34.2 Å². The molecule has 3 N–H and O–H groups in total. The molecule has 0 radical (unpaired) electrons. The van der Waals surface area contributed by atoms with Crippen molar-refractivity contribution >= 4 is 11.6 Å². The number of anilines is 2. The number of unbranched alkanes of at least 4 members (excludes halogenated alkanes) is 1. The minimum absolute atomic E-state index is 0.214. The maximum Gasteiger partial charge on any atom is 0.133 e. The van der Waals surface area contributed by atoms with Crippen molar-refractivity contribution in [3.8, 4) is 0 Å². The molecule has 0 amide bonds. The molecule has 0 fully saturated rings. The van der Waals surface area contributed by atoms with Crippen LogP contribution in [0.5, 0.6) is 0 Å². The molecule has 5 nitrogen and oxygen atoms in total. The van der Waals surface area contributed by atoms with E-state index in [-0.39, 0.29) is 6.04 Å². The molecule has 0 saturated heterocycles. The van der Waals surface area contributed by atoms with Crippen LogP contribution in [0, 0.1) is 0 Å². The fourth-order valence-electron chi connectivity index (χ4n) is 1.59. The molecule has 1 unspecified atom stereocenters. The van der Waals surface area contributed by atoms with Crippen LogP contribution in [0.4, 0.5) is 11.6 Å². The fraction of sp³-hybridized carbons (Fsp3) is 0.692. The molecule has 1 aromatic rings. The van der Waals surface area contributed by atoms with Crippen LogP contribution in [0.3, 0.4) is 0 Å². The van der Waals surface area contributed by atoms with Crippen LogP contribution in [-0.4, -0.2) is 36.1 Å². The average Bonchev–Trinajstić information content (AvgIpc) is 2.36. The highest BCUT2D eigenvalue weighted by atomic mass is 15.2. The lowest BCUT2D eigenvalue weighted by atomic mass is 10.2. The standard InChI is InChI=1S/C13H25N5/c1-4-5-8-18(3)13-9-12(16-10-17-13)15-7-6-11(2)14/h9-11H,4-8,14H2,1-3H3,(H,15,16,17). The predicted octanol–water partition coefficient (Wildman–Crippen LogP) is 1.86. The second kappa shape index (κ2) is 7.87. The third-order valence-corrected chi connectivity index (χ3v) is 2.80. The predicted molar refractivity (Wildman–Crippen MR) is 77.0 cm³/mol. The maximum absolute atomic E-state index is 5.71. The van der Waals surface area contributed by atoms with Crippen molar-refractivity contribution < 1.29 is 0 Å². The topological polar surface area (TPSA) is 67.1 Å². The van der Waals surface area contributed by atoms with Gasteiger partial charge in [-0.15, -0.1) is 0 Å². The first-order chi connectivity index (χ1) is 8.63. The van der Waals surface area contributed by atoms with E-state index in [1.54, 1.807) is 6.33 Å². The summed E-state index contributed by atoms with van der Waals surface area (Å²) in [6.07, 6.45) is 4.90. The van der Waals surface area contributed by atoms with E-state index in [1.165, 1.54) is 12.8 Å². The van der Waals surface area contributed by atoms with Gasteiger partial charge < -0.3 is 16.0 Å². The van der Waals surface area contributed by atoms with Crippen molar-refractivity contribution in [3.05, 3.63) is 12.4 Å². The van der Waals surface area contributed by atoms with Crippen molar-refractivity contribution in [2.75, 3.05) is 30.4 Å². The number of aromatic nitrogens is 2.